The highest BCUT2D eigenvalue weighted by Crippen LogP contribution is 2.27. The molecule has 0 heterocycles. The Bertz CT molecular complexity index is 1600. The van der Waals surface area contributed by atoms with E-state index >= 15 is 0 Å². The molecular formula is C28H20N2O8. The lowest BCUT2D eigenvalue weighted by atomic mass is 9.95. The van der Waals surface area contributed by atoms with Crippen molar-refractivity contribution in [2.45, 2.75) is 0 Å². The number of carboxylic acid groups (broad SMARTS) is 2. The number of phenolic OH excluding ortho intramolecular Hbond substituents is 2. The van der Waals surface area contributed by atoms with E-state index in [0.29, 0.717) is 11.1 Å². The first-order valence-electron chi connectivity index (χ1n) is 11.1. The number of benzene rings is 4. The van der Waals surface area contributed by atoms with E-state index < -0.39 is 34.9 Å². The lowest BCUT2D eigenvalue weighted by molar-refractivity contribution is 0.0651. The van der Waals surface area contributed by atoms with E-state index in [1.54, 1.807) is 6.07 Å². The number of hydrogen-bond acceptors (Lipinski definition) is 6. The fourth-order valence-corrected chi connectivity index (χ4v) is 3.76. The molecule has 0 spiro atoms. The summed E-state index contributed by atoms with van der Waals surface area (Å²) in [6, 6.07) is 19.6. The van der Waals surface area contributed by atoms with Gasteiger partial charge >= 0.3 is 11.9 Å². The van der Waals surface area contributed by atoms with Crippen LogP contribution in [-0.2, 0) is 0 Å². The topological polar surface area (TPSA) is 173 Å². The second kappa shape index (κ2) is 10.5. The molecular weight excluding hydrogens is 492 g/mol. The van der Waals surface area contributed by atoms with Crippen molar-refractivity contribution in [1.29, 1.82) is 0 Å². The minimum atomic E-state index is -1.44. The second-order valence-corrected chi connectivity index (χ2v) is 8.14. The van der Waals surface area contributed by atoms with Gasteiger partial charge in [-0.15, -0.1) is 0 Å². The summed E-state index contributed by atoms with van der Waals surface area (Å²) in [5.41, 5.74) is 0.250. The molecule has 190 valence electrons. The van der Waals surface area contributed by atoms with Gasteiger partial charge in [0.2, 0.25) is 0 Å². The van der Waals surface area contributed by atoms with E-state index in [0.717, 1.165) is 6.07 Å². The van der Waals surface area contributed by atoms with Crippen molar-refractivity contribution in [2.24, 2.45) is 0 Å². The fourth-order valence-electron chi connectivity index (χ4n) is 3.76. The molecule has 10 heteroatoms. The number of carbonyl (C=O) groups excluding carboxylic acids is 2. The Morgan fingerprint density at radius 3 is 1.42 bits per heavy atom. The highest BCUT2D eigenvalue weighted by molar-refractivity contribution is 6.16. The van der Waals surface area contributed by atoms with Gasteiger partial charge in [0.05, 0.1) is 22.3 Å². The number of amides is 2. The van der Waals surface area contributed by atoms with E-state index in [-0.39, 0.29) is 34.0 Å². The van der Waals surface area contributed by atoms with E-state index in [4.69, 9.17) is 0 Å². The summed E-state index contributed by atoms with van der Waals surface area (Å²) in [6.07, 6.45) is 0. The van der Waals surface area contributed by atoms with Gasteiger partial charge in [0.25, 0.3) is 11.8 Å². The van der Waals surface area contributed by atoms with E-state index in [2.05, 4.69) is 10.6 Å². The van der Waals surface area contributed by atoms with Crippen molar-refractivity contribution in [3.63, 3.8) is 0 Å². The molecule has 4 aromatic rings. The van der Waals surface area contributed by atoms with Crippen LogP contribution in [0.2, 0.25) is 0 Å². The number of anilines is 2. The molecule has 0 fully saturated rings. The first-order chi connectivity index (χ1) is 18.1. The summed E-state index contributed by atoms with van der Waals surface area (Å²) >= 11 is 0. The fraction of sp³-hybridized carbons (Fsp3) is 0. The Hall–Kier alpha value is -5.64. The van der Waals surface area contributed by atoms with Gasteiger partial charge in [-0.3, -0.25) is 9.59 Å². The SMILES string of the molecule is O=C(O)c1ccc(-c2ccc(C(=O)Nc3cccc(O)c3)c(C(=O)Nc3cccc(O)c3)c2)cc1C(=O)O. The van der Waals surface area contributed by atoms with Crippen molar-refractivity contribution < 1.29 is 39.6 Å². The molecule has 0 radical (unpaired) electrons. The third-order valence-corrected chi connectivity index (χ3v) is 5.53. The molecule has 38 heavy (non-hydrogen) atoms. The number of carbonyl (C=O) groups is 4. The van der Waals surface area contributed by atoms with Crippen LogP contribution in [0.15, 0.2) is 84.9 Å². The van der Waals surface area contributed by atoms with Crippen LogP contribution in [0.5, 0.6) is 11.5 Å². The molecule has 0 unspecified atom stereocenters. The maximum absolute atomic E-state index is 13.3. The molecule has 0 bridgehead atoms. The smallest absolute Gasteiger partial charge is 0.336 e. The maximum atomic E-state index is 13.3. The van der Waals surface area contributed by atoms with Crippen molar-refractivity contribution in [3.8, 4) is 22.6 Å². The number of hydrogen-bond donors (Lipinski definition) is 6. The third-order valence-electron chi connectivity index (χ3n) is 5.53. The zero-order valence-corrected chi connectivity index (χ0v) is 19.5. The zero-order chi connectivity index (χ0) is 27.4. The second-order valence-electron chi connectivity index (χ2n) is 8.14. The van der Waals surface area contributed by atoms with Gasteiger partial charge in [-0.2, -0.15) is 0 Å². The van der Waals surface area contributed by atoms with Gasteiger partial charge < -0.3 is 31.1 Å². The molecule has 6 N–H and O–H groups in total. The Morgan fingerprint density at radius 1 is 0.500 bits per heavy atom. The minimum Gasteiger partial charge on any atom is -0.508 e. The van der Waals surface area contributed by atoms with E-state index in [1.807, 2.05) is 0 Å². The molecule has 0 aliphatic carbocycles. The van der Waals surface area contributed by atoms with Crippen LogP contribution in [0.1, 0.15) is 41.4 Å². The standard InChI is InChI=1S/C28H20N2O8/c31-19-5-1-3-17(13-19)29-25(33)21-9-7-15(16-8-10-22(27(35)36)24(12-16)28(37)38)11-23(21)26(34)30-18-4-2-6-20(32)14-18/h1-14,31-32H,(H,29,33)(H,30,34)(H,35,36)(H,37,38). The first kappa shape index (κ1) is 25.5. The Morgan fingerprint density at radius 2 is 0.947 bits per heavy atom. The first-order valence-corrected chi connectivity index (χ1v) is 11.1. The summed E-state index contributed by atoms with van der Waals surface area (Å²) < 4.78 is 0. The number of aromatic hydroxyl groups is 2. The Kier molecular flexibility index (Phi) is 7.06. The number of phenols is 2. The average molecular weight is 512 g/mol. The predicted molar refractivity (Wildman–Crippen MR) is 138 cm³/mol. The van der Waals surface area contributed by atoms with Gasteiger partial charge in [0, 0.05) is 23.5 Å². The predicted octanol–water partition coefficient (Wildman–Crippen LogP) is 4.67. The van der Waals surface area contributed by atoms with Crippen molar-refractivity contribution in [3.05, 3.63) is 107 Å². The third kappa shape index (κ3) is 5.60. The summed E-state index contributed by atoms with van der Waals surface area (Å²) in [4.78, 5) is 49.4. The van der Waals surface area contributed by atoms with Crippen LogP contribution in [0.3, 0.4) is 0 Å². The summed E-state index contributed by atoms with van der Waals surface area (Å²) in [5, 5.41) is 43.4. The van der Waals surface area contributed by atoms with Gasteiger partial charge in [-0.25, -0.2) is 9.59 Å². The lowest BCUT2D eigenvalue weighted by Gasteiger charge is -2.14. The molecule has 4 aromatic carbocycles. The maximum Gasteiger partial charge on any atom is 0.336 e. The molecule has 4 rings (SSSR count). The largest absolute Gasteiger partial charge is 0.508 e. The van der Waals surface area contributed by atoms with E-state index in [1.165, 1.54) is 72.8 Å². The zero-order valence-electron chi connectivity index (χ0n) is 19.5. The number of rotatable bonds is 7. The monoisotopic (exact) mass is 512 g/mol. The molecule has 0 aromatic heterocycles. The average Bonchev–Trinajstić information content (AvgIpc) is 2.88. The van der Waals surface area contributed by atoms with Crippen LogP contribution < -0.4 is 10.6 Å². The molecule has 10 nitrogen and oxygen atoms in total. The summed E-state index contributed by atoms with van der Waals surface area (Å²) in [5.74, 6) is -4.35. The summed E-state index contributed by atoms with van der Waals surface area (Å²) in [7, 11) is 0. The van der Waals surface area contributed by atoms with Gasteiger partial charge in [0.1, 0.15) is 11.5 Å². The molecule has 0 saturated heterocycles. The molecule has 0 aliphatic heterocycles. The number of carboxylic acids is 2. The normalized spacial score (nSPS) is 10.4. The van der Waals surface area contributed by atoms with Gasteiger partial charge in [-0.1, -0.05) is 24.3 Å². The van der Waals surface area contributed by atoms with Crippen molar-refractivity contribution >= 4 is 35.1 Å². The Labute approximate surface area is 215 Å². The molecule has 0 atom stereocenters. The van der Waals surface area contributed by atoms with Crippen molar-refractivity contribution in [1.82, 2.24) is 0 Å². The lowest BCUT2D eigenvalue weighted by Crippen LogP contribution is -2.20. The molecule has 0 aliphatic rings. The van der Waals surface area contributed by atoms with Crippen LogP contribution in [0, 0.1) is 0 Å². The van der Waals surface area contributed by atoms with Crippen LogP contribution in [-0.4, -0.2) is 44.2 Å². The van der Waals surface area contributed by atoms with Crippen LogP contribution in [0.4, 0.5) is 11.4 Å². The van der Waals surface area contributed by atoms with Crippen molar-refractivity contribution in [2.75, 3.05) is 10.6 Å². The van der Waals surface area contributed by atoms with Crippen LogP contribution in [0.25, 0.3) is 11.1 Å². The number of nitrogens with one attached hydrogen (secondary N) is 2. The minimum absolute atomic E-state index is 0.0321. The Balaban J connectivity index is 1.78. The van der Waals surface area contributed by atoms with E-state index in [9.17, 15) is 39.6 Å². The highest BCUT2D eigenvalue weighted by Gasteiger charge is 2.21. The molecule has 2 amide bonds. The van der Waals surface area contributed by atoms with Crippen LogP contribution >= 0.6 is 0 Å². The quantitative estimate of drug-likeness (QED) is 0.207. The highest BCUT2D eigenvalue weighted by atomic mass is 16.4. The number of aromatic carboxylic acids is 2. The van der Waals surface area contributed by atoms with Gasteiger partial charge in [0.15, 0.2) is 0 Å². The van der Waals surface area contributed by atoms with Gasteiger partial charge in [-0.05, 0) is 59.7 Å². The molecule has 0 saturated carbocycles. The summed E-state index contributed by atoms with van der Waals surface area (Å²) in [6.45, 7) is 0.